The van der Waals surface area contributed by atoms with Crippen LogP contribution in [0.4, 0.5) is 0 Å². The maximum Gasteiger partial charge on any atom is 0.323 e. The summed E-state index contributed by atoms with van der Waals surface area (Å²) in [6.45, 7) is 4.92. The van der Waals surface area contributed by atoms with Crippen molar-refractivity contribution < 1.29 is 14.7 Å². The molecule has 2 rings (SSSR count). The summed E-state index contributed by atoms with van der Waals surface area (Å²) >= 11 is 0. The first-order valence-corrected chi connectivity index (χ1v) is 7.35. The predicted octanol–water partition coefficient (Wildman–Crippen LogP) is 1.59. The molecule has 0 fully saturated rings. The zero-order valence-electron chi connectivity index (χ0n) is 12.5. The van der Waals surface area contributed by atoms with Gasteiger partial charge in [-0.25, -0.2) is 0 Å². The highest BCUT2D eigenvalue weighted by Crippen LogP contribution is 2.26. The van der Waals surface area contributed by atoms with Gasteiger partial charge in [-0.3, -0.25) is 9.59 Å². The number of benzene rings is 1. The van der Waals surface area contributed by atoms with Crippen molar-refractivity contribution in [2.24, 2.45) is 0 Å². The number of aliphatic carboxylic acids is 1. The summed E-state index contributed by atoms with van der Waals surface area (Å²) in [5.74, 6) is -1.38. The van der Waals surface area contributed by atoms with E-state index in [4.69, 9.17) is 5.11 Å². The predicted molar refractivity (Wildman–Crippen MR) is 80.0 cm³/mol. The maximum absolute atomic E-state index is 12.8. The number of hydrogen-bond donors (Lipinski definition) is 2. The summed E-state index contributed by atoms with van der Waals surface area (Å²) in [7, 11) is 0. The van der Waals surface area contributed by atoms with Gasteiger partial charge in [-0.15, -0.1) is 0 Å². The van der Waals surface area contributed by atoms with Gasteiger partial charge >= 0.3 is 5.97 Å². The fourth-order valence-electron chi connectivity index (χ4n) is 2.73. The van der Waals surface area contributed by atoms with Gasteiger partial charge in [0.05, 0.1) is 5.92 Å². The summed E-state index contributed by atoms with van der Waals surface area (Å²) in [6.07, 6.45) is 0.737. The average molecular weight is 290 g/mol. The molecule has 1 aliphatic rings. The largest absolute Gasteiger partial charge is 0.480 e. The lowest BCUT2D eigenvalue weighted by Gasteiger charge is -2.33. The number of carbonyl (C=O) groups is 2. The molecule has 2 unspecified atom stereocenters. The molecular formula is C16H22N2O3. The van der Waals surface area contributed by atoms with Gasteiger partial charge in [-0.05, 0) is 24.5 Å². The highest BCUT2D eigenvalue weighted by molar-refractivity contribution is 5.87. The minimum absolute atomic E-state index is 0.0808. The fraction of sp³-hybridized carbons (Fsp3) is 0.500. The molecule has 21 heavy (non-hydrogen) atoms. The van der Waals surface area contributed by atoms with Crippen molar-refractivity contribution in [1.29, 1.82) is 0 Å². The Labute approximate surface area is 125 Å². The molecule has 1 aliphatic heterocycles. The Balaban J connectivity index is 2.27. The molecule has 0 bridgehead atoms. The van der Waals surface area contributed by atoms with Crippen LogP contribution in [0.1, 0.15) is 37.3 Å². The topological polar surface area (TPSA) is 69.6 Å². The third-order valence-electron chi connectivity index (χ3n) is 4.10. The normalized spacial score (nSPS) is 18.7. The van der Waals surface area contributed by atoms with E-state index < -0.39 is 5.97 Å². The van der Waals surface area contributed by atoms with Crippen LogP contribution in [-0.4, -0.2) is 41.0 Å². The Kier molecular flexibility index (Phi) is 4.96. The van der Waals surface area contributed by atoms with E-state index in [9.17, 15) is 9.59 Å². The van der Waals surface area contributed by atoms with Crippen molar-refractivity contribution in [3.05, 3.63) is 35.4 Å². The first kappa shape index (κ1) is 15.5. The first-order chi connectivity index (χ1) is 10.0. The van der Waals surface area contributed by atoms with E-state index in [-0.39, 0.29) is 24.4 Å². The second-order valence-corrected chi connectivity index (χ2v) is 5.50. The van der Waals surface area contributed by atoms with Crippen LogP contribution in [0.3, 0.4) is 0 Å². The fourth-order valence-corrected chi connectivity index (χ4v) is 2.73. The molecule has 5 heteroatoms. The molecule has 0 radical (unpaired) electrons. The van der Waals surface area contributed by atoms with Crippen LogP contribution in [-0.2, 0) is 16.1 Å². The van der Waals surface area contributed by atoms with Crippen LogP contribution in [0.25, 0.3) is 0 Å². The third kappa shape index (κ3) is 3.42. The molecular weight excluding hydrogens is 268 g/mol. The van der Waals surface area contributed by atoms with Gasteiger partial charge in [0.25, 0.3) is 0 Å². The lowest BCUT2D eigenvalue weighted by molar-refractivity contribution is -0.146. The van der Waals surface area contributed by atoms with E-state index in [0.29, 0.717) is 6.54 Å². The number of fused-ring (bicyclic) bond motifs is 1. The van der Waals surface area contributed by atoms with Crippen molar-refractivity contribution in [2.75, 3.05) is 13.1 Å². The second kappa shape index (κ2) is 6.72. The van der Waals surface area contributed by atoms with Gasteiger partial charge in [0.15, 0.2) is 0 Å². The Bertz CT molecular complexity index is 530. The van der Waals surface area contributed by atoms with E-state index in [2.05, 4.69) is 5.32 Å². The van der Waals surface area contributed by atoms with Gasteiger partial charge < -0.3 is 15.3 Å². The summed E-state index contributed by atoms with van der Waals surface area (Å²) in [5.41, 5.74) is 2.13. The van der Waals surface area contributed by atoms with Crippen molar-refractivity contribution in [2.45, 2.75) is 38.8 Å². The highest BCUT2D eigenvalue weighted by atomic mass is 16.4. The highest BCUT2D eigenvalue weighted by Gasteiger charge is 2.32. The van der Waals surface area contributed by atoms with Crippen LogP contribution < -0.4 is 5.32 Å². The number of nitrogens with zero attached hydrogens (tertiary/aromatic N) is 1. The smallest absolute Gasteiger partial charge is 0.323 e. The van der Waals surface area contributed by atoms with Gasteiger partial charge in [0.2, 0.25) is 5.91 Å². The molecule has 0 aliphatic carbocycles. The number of hydrogen-bond acceptors (Lipinski definition) is 3. The van der Waals surface area contributed by atoms with E-state index in [1.807, 2.05) is 38.1 Å². The molecule has 5 nitrogen and oxygen atoms in total. The van der Waals surface area contributed by atoms with E-state index in [1.165, 1.54) is 4.90 Å². The Morgan fingerprint density at radius 2 is 2.14 bits per heavy atom. The summed E-state index contributed by atoms with van der Waals surface area (Å²) in [4.78, 5) is 25.4. The first-order valence-electron chi connectivity index (χ1n) is 7.35. The molecule has 2 N–H and O–H groups in total. The van der Waals surface area contributed by atoms with E-state index >= 15 is 0 Å². The molecule has 0 aromatic heterocycles. The Hall–Kier alpha value is -1.88. The lowest BCUT2D eigenvalue weighted by atomic mass is 9.89. The van der Waals surface area contributed by atoms with Crippen LogP contribution in [0.5, 0.6) is 0 Å². The molecule has 1 heterocycles. The van der Waals surface area contributed by atoms with Gasteiger partial charge in [0, 0.05) is 19.1 Å². The Morgan fingerprint density at radius 3 is 2.81 bits per heavy atom. The van der Waals surface area contributed by atoms with Gasteiger partial charge in [0.1, 0.15) is 6.54 Å². The molecule has 0 saturated heterocycles. The zero-order chi connectivity index (χ0) is 15.4. The number of carboxylic acids is 1. The zero-order valence-corrected chi connectivity index (χ0v) is 12.5. The molecule has 1 aromatic carbocycles. The molecule has 114 valence electrons. The quantitative estimate of drug-likeness (QED) is 0.864. The number of rotatable bonds is 5. The van der Waals surface area contributed by atoms with E-state index in [1.54, 1.807) is 0 Å². The minimum atomic E-state index is -0.972. The third-order valence-corrected chi connectivity index (χ3v) is 4.10. The molecule has 0 saturated carbocycles. The Morgan fingerprint density at radius 1 is 1.43 bits per heavy atom. The average Bonchev–Trinajstić information content (AvgIpc) is 2.50. The number of amides is 1. The van der Waals surface area contributed by atoms with Crippen LogP contribution in [0.2, 0.25) is 0 Å². The summed E-state index contributed by atoms with van der Waals surface area (Å²) in [6, 6.07) is 7.77. The van der Waals surface area contributed by atoms with Crippen LogP contribution >= 0.6 is 0 Å². The number of nitrogens with one attached hydrogen (secondary N) is 1. The number of carbonyl (C=O) groups excluding carboxylic acids is 1. The van der Waals surface area contributed by atoms with Gasteiger partial charge in [-0.1, -0.05) is 31.2 Å². The monoisotopic (exact) mass is 290 g/mol. The van der Waals surface area contributed by atoms with Crippen molar-refractivity contribution in [3.8, 4) is 0 Å². The number of carboxylic acid groups (broad SMARTS) is 1. The standard InChI is InChI=1S/C16H22N2O3/c1-3-11(2)18(10-15(19)20)16(21)14-9-17-8-12-6-4-5-7-13(12)14/h4-7,11,14,17H,3,8-10H2,1-2H3,(H,19,20). The second-order valence-electron chi connectivity index (χ2n) is 5.50. The summed E-state index contributed by atoms with van der Waals surface area (Å²) in [5, 5.41) is 12.3. The van der Waals surface area contributed by atoms with Crippen molar-refractivity contribution >= 4 is 11.9 Å². The lowest BCUT2D eigenvalue weighted by Crippen LogP contribution is -2.47. The minimum Gasteiger partial charge on any atom is -0.480 e. The van der Waals surface area contributed by atoms with Crippen LogP contribution in [0, 0.1) is 0 Å². The molecule has 2 atom stereocenters. The summed E-state index contributed by atoms with van der Waals surface area (Å²) < 4.78 is 0. The van der Waals surface area contributed by atoms with E-state index in [0.717, 1.165) is 24.1 Å². The van der Waals surface area contributed by atoms with Crippen LogP contribution in [0.15, 0.2) is 24.3 Å². The molecule has 0 spiro atoms. The maximum atomic E-state index is 12.8. The van der Waals surface area contributed by atoms with Crippen molar-refractivity contribution in [3.63, 3.8) is 0 Å². The van der Waals surface area contributed by atoms with Gasteiger partial charge in [-0.2, -0.15) is 0 Å². The van der Waals surface area contributed by atoms with Crippen molar-refractivity contribution in [1.82, 2.24) is 10.2 Å². The molecule has 1 aromatic rings. The molecule has 1 amide bonds. The SMILES string of the molecule is CCC(C)N(CC(=O)O)C(=O)C1CNCc2ccccc21.